The third kappa shape index (κ3) is 7.18. The molecule has 1 fully saturated rings. The van der Waals surface area contributed by atoms with Gasteiger partial charge in [0.05, 0.1) is 39.3 Å². The Morgan fingerprint density at radius 1 is 1.10 bits per heavy atom. The molecule has 2 heterocycles. The lowest BCUT2D eigenvalue weighted by molar-refractivity contribution is -0.339. The lowest BCUT2D eigenvalue weighted by Crippen LogP contribution is -2.60. The summed E-state index contributed by atoms with van der Waals surface area (Å²) in [6, 6.07) is 4.55. The fourth-order valence-corrected chi connectivity index (χ4v) is 4.39. The van der Waals surface area contributed by atoms with Crippen LogP contribution in [0.4, 0.5) is 0 Å². The van der Waals surface area contributed by atoms with E-state index >= 15 is 0 Å². The third-order valence-electron chi connectivity index (χ3n) is 6.61. The molecular formula is C27H34O13. The van der Waals surface area contributed by atoms with Gasteiger partial charge < -0.3 is 54.0 Å². The summed E-state index contributed by atoms with van der Waals surface area (Å²) in [4.78, 5) is 24.7. The van der Waals surface area contributed by atoms with Gasteiger partial charge in [0.25, 0.3) is 0 Å². The highest BCUT2D eigenvalue weighted by Gasteiger charge is 2.47. The van der Waals surface area contributed by atoms with Gasteiger partial charge in [-0.3, -0.25) is 0 Å². The molecule has 13 nitrogen and oxygen atoms in total. The van der Waals surface area contributed by atoms with Crippen LogP contribution in [0.1, 0.15) is 12.0 Å². The Bertz CT molecular complexity index is 1100. The maximum atomic E-state index is 12.4. The van der Waals surface area contributed by atoms with Crippen molar-refractivity contribution in [3.05, 3.63) is 54.3 Å². The first-order valence-corrected chi connectivity index (χ1v) is 12.4. The largest absolute Gasteiger partial charge is 0.504 e. The number of aromatic hydroxyl groups is 1. The van der Waals surface area contributed by atoms with Crippen molar-refractivity contribution in [2.45, 2.75) is 43.4 Å². The molecule has 3 rings (SSSR count). The Hall–Kier alpha value is -3.46. The number of rotatable bonds is 11. The van der Waals surface area contributed by atoms with Crippen molar-refractivity contribution >= 4 is 18.0 Å². The van der Waals surface area contributed by atoms with Crippen LogP contribution in [0, 0.1) is 11.8 Å². The van der Waals surface area contributed by atoms with E-state index in [2.05, 4.69) is 6.58 Å². The molecule has 1 aromatic rings. The van der Waals surface area contributed by atoms with Crippen molar-refractivity contribution in [1.29, 1.82) is 0 Å². The van der Waals surface area contributed by atoms with E-state index in [-0.39, 0.29) is 30.1 Å². The maximum absolute atomic E-state index is 12.4. The molecular weight excluding hydrogens is 532 g/mol. The summed E-state index contributed by atoms with van der Waals surface area (Å²) in [5, 5.41) is 49.5. The van der Waals surface area contributed by atoms with Gasteiger partial charge in [-0.2, -0.15) is 0 Å². The van der Waals surface area contributed by atoms with Crippen LogP contribution in [0.15, 0.2) is 48.8 Å². The molecule has 5 N–H and O–H groups in total. The lowest BCUT2D eigenvalue weighted by Gasteiger charge is -2.43. The molecule has 0 aromatic heterocycles. The van der Waals surface area contributed by atoms with Crippen LogP contribution >= 0.6 is 0 Å². The minimum atomic E-state index is -1.67. The maximum Gasteiger partial charge on any atom is 0.337 e. The Morgan fingerprint density at radius 2 is 1.85 bits per heavy atom. The molecule has 0 spiro atoms. The minimum Gasteiger partial charge on any atom is -0.504 e. The summed E-state index contributed by atoms with van der Waals surface area (Å²) in [7, 11) is 2.60. The molecule has 220 valence electrons. The molecule has 2 aliphatic rings. The van der Waals surface area contributed by atoms with Gasteiger partial charge in [0.2, 0.25) is 6.29 Å². The monoisotopic (exact) mass is 566 g/mol. The van der Waals surface area contributed by atoms with E-state index in [0.717, 1.165) is 6.26 Å². The summed E-state index contributed by atoms with van der Waals surface area (Å²) in [5.74, 6) is -2.54. The first-order chi connectivity index (χ1) is 19.1. The molecule has 0 amide bonds. The average Bonchev–Trinajstić information content (AvgIpc) is 2.96. The van der Waals surface area contributed by atoms with Gasteiger partial charge in [0.1, 0.15) is 24.4 Å². The quantitative estimate of drug-likeness (QED) is 0.137. The zero-order valence-corrected chi connectivity index (χ0v) is 22.0. The Morgan fingerprint density at radius 3 is 2.50 bits per heavy atom. The second-order valence-corrected chi connectivity index (χ2v) is 9.04. The molecule has 8 atom stereocenters. The van der Waals surface area contributed by atoms with Gasteiger partial charge in [0.15, 0.2) is 17.8 Å². The third-order valence-corrected chi connectivity index (χ3v) is 6.61. The average molecular weight is 567 g/mol. The standard InChI is InChI=1S/C27H34O13/c1-4-15-16(9-10-37-21(30)8-6-14-5-7-18(29)19(11-14)35-2)17(25(34)36-3)13-38-26(15)40-27-24(33)23(32)22(31)20(12-28)39-27/h4-8,11,13,15-16,20,22-24,26-29,31-33H,1,9-10,12H2,2-3H3. The second-order valence-electron chi connectivity index (χ2n) is 9.04. The van der Waals surface area contributed by atoms with Crippen molar-refractivity contribution in [3.63, 3.8) is 0 Å². The topological polar surface area (TPSA) is 191 Å². The number of hydrogen-bond acceptors (Lipinski definition) is 13. The van der Waals surface area contributed by atoms with E-state index in [0.29, 0.717) is 5.56 Å². The summed E-state index contributed by atoms with van der Waals surface area (Å²) in [6.45, 7) is 3.03. The summed E-state index contributed by atoms with van der Waals surface area (Å²) in [5.41, 5.74) is 0.718. The number of hydrogen-bond donors (Lipinski definition) is 5. The van der Waals surface area contributed by atoms with Gasteiger partial charge in [-0.05, 0) is 30.2 Å². The van der Waals surface area contributed by atoms with Crippen molar-refractivity contribution in [1.82, 2.24) is 0 Å². The summed E-state index contributed by atoms with van der Waals surface area (Å²) in [6.07, 6.45) is -3.36. The molecule has 8 unspecified atom stereocenters. The number of carbonyl (C=O) groups is 2. The van der Waals surface area contributed by atoms with Crippen LogP contribution in [-0.4, -0.2) is 102 Å². The first kappa shape index (κ1) is 31.1. The number of methoxy groups -OCH3 is 2. The van der Waals surface area contributed by atoms with Gasteiger partial charge in [-0.1, -0.05) is 12.1 Å². The predicted molar refractivity (Wildman–Crippen MR) is 136 cm³/mol. The molecule has 1 saturated heterocycles. The molecule has 0 bridgehead atoms. The van der Waals surface area contributed by atoms with Crippen molar-refractivity contribution in [2.24, 2.45) is 11.8 Å². The van der Waals surface area contributed by atoms with Crippen LogP contribution in [0.3, 0.4) is 0 Å². The molecule has 1 aromatic carbocycles. The first-order valence-electron chi connectivity index (χ1n) is 12.4. The molecule has 2 aliphatic heterocycles. The van der Waals surface area contributed by atoms with Crippen LogP contribution < -0.4 is 4.74 Å². The summed E-state index contributed by atoms with van der Waals surface area (Å²) < 4.78 is 31.9. The van der Waals surface area contributed by atoms with E-state index in [1.807, 2.05) is 0 Å². The van der Waals surface area contributed by atoms with Crippen LogP contribution in [0.2, 0.25) is 0 Å². The van der Waals surface area contributed by atoms with Gasteiger partial charge in [-0.25, -0.2) is 9.59 Å². The van der Waals surface area contributed by atoms with Gasteiger partial charge >= 0.3 is 11.9 Å². The number of carbonyl (C=O) groups excluding carboxylic acids is 2. The van der Waals surface area contributed by atoms with Gasteiger partial charge in [-0.15, -0.1) is 6.58 Å². The lowest BCUT2D eigenvalue weighted by atomic mass is 9.82. The van der Waals surface area contributed by atoms with Crippen molar-refractivity contribution in [3.8, 4) is 11.5 Å². The van der Waals surface area contributed by atoms with E-state index < -0.39 is 67.4 Å². The van der Waals surface area contributed by atoms with E-state index in [1.54, 1.807) is 12.1 Å². The number of ether oxygens (including phenoxy) is 6. The molecule has 40 heavy (non-hydrogen) atoms. The highest BCUT2D eigenvalue weighted by molar-refractivity contribution is 5.89. The number of aliphatic hydroxyl groups is 4. The van der Waals surface area contributed by atoms with E-state index in [9.17, 15) is 35.1 Å². The molecule has 13 heteroatoms. The Kier molecular flexibility index (Phi) is 11.1. The fourth-order valence-electron chi connectivity index (χ4n) is 4.39. The second kappa shape index (κ2) is 14.3. The predicted octanol–water partition coefficient (Wildman–Crippen LogP) is -0.00460. The number of phenols is 1. The normalized spacial score (nSPS) is 30.2. The van der Waals surface area contributed by atoms with Crippen molar-refractivity contribution < 1.29 is 63.5 Å². The van der Waals surface area contributed by atoms with Gasteiger partial charge in [0, 0.05) is 17.9 Å². The number of aliphatic hydroxyl groups excluding tert-OH is 4. The minimum absolute atomic E-state index is 0.0428. The zero-order chi connectivity index (χ0) is 29.4. The SMILES string of the molecule is C=CC1C(OC2OC(CO)C(O)C(O)C2O)OC=C(C(=O)OC)C1CCOC(=O)C=Cc1ccc(O)c(OC)c1. The van der Waals surface area contributed by atoms with Crippen molar-refractivity contribution in [2.75, 3.05) is 27.4 Å². The molecule has 0 radical (unpaired) electrons. The number of benzene rings is 1. The molecule has 0 saturated carbocycles. The number of phenolic OH excluding ortho intramolecular Hbond substituents is 1. The highest BCUT2D eigenvalue weighted by Crippen LogP contribution is 2.37. The summed E-state index contributed by atoms with van der Waals surface area (Å²) >= 11 is 0. The smallest absolute Gasteiger partial charge is 0.337 e. The fraction of sp³-hybridized carbons (Fsp3) is 0.481. The number of esters is 2. The van der Waals surface area contributed by atoms with E-state index in [4.69, 9.17) is 28.4 Å². The highest BCUT2D eigenvalue weighted by atomic mass is 16.8. The Balaban J connectivity index is 1.68. The van der Waals surface area contributed by atoms with Crippen LogP contribution in [-0.2, 0) is 33.3 Å². The molecule has 0 aliphatic carbocycles. The van der Waals surface area contributed by atoms with Crippen LogP contribution in [0.5, 0.6) is 11.5 Å². The zero-order valence-electron chi connectivity index (χ0n) is 22.0. The van der Waals surface area contributed by atoms with Crippen LogP contribution in [0.25, 0.3) is 6.08 Å². The Labute approximate surface area is 230 Å². The van der Waals surface area contributed by atoms with E-state index in [1.165, 1.54) is 38.5 Å².